The van der Waals surface area contributed by atoms with Crippen LogP contribution in [0.15, 0.2) is 53.7 Å². The summed E-state index contributed by atoms with van der Waals surface area (Å²) in [6.45, 7) is 2.41. The minimum atomic E-state index is -0.613. The van der Waals surface area contributed by atoms with E-state index in [4.69, 9.17) is 31.0 Å². The quantitative estimate of drug-likeness (QED) is 0.256. The summed E-state index contributed by atoms with van der Waals surface area (Å²) in [5.74, 6) is 1.17. The van der Waals surface area contributed by atoms with Gasteiger partial charge in [0.05, 0.1) is 41.6 Å². The normalized spacial score (nSPS) is 14.1. The maximum atomic E-state index is 13.5. The molecule has 5 aromatic rings. The molecule has 1 amide bonds. The molecule has 1 aliphatic rings. The third kappa shape index (κ3) is 5.36. The monoisotopic (exact) mass is 588 g/mol. The topological polar surface area (TPSA) is 168 Å². The van der Waals surface area contributed by atoms with Crippen molar-refractivity contribution in [1.82, 2.24) is 44.7 Å². The van der Waals surface area contributed by atoms with Crippen molar-refractivity contribution in [2.75, 3.05) is 25.6 Å². The van der Waals surface area contributed by atoms with Gasteiger partial charge in [0.15, 0.2) is 0 Å². The van der Waals surface area contributed by atoms with Crippen molar-refractivity contribution >= 4 is 23.4 Å². The number of methoxy groups -OCH3 is 1. The average Bonchev–Trinajstić information content (AvgIpc) is 3.74. The number of rotatable bonds is 8. The van der Waals surface area contributed by atoms with Crippen LogP contribution in [0.2, 0.25) is 5.15 Å². The third-order valence-corrected chi connectivity index (χ3v) is 7.04. The molecule has 0 unspecified atom stereocenters. The highest BCUT2D eigenvalue weighted by Gasteiger charge is 2.30. The van der Waals surface area contributed by atoms with Gasteiger partial charge in [0.1, 0.15) is 35.4 Å². The molecule has 0 aliphatic carbocycles. The van der Waals surface area contributed by atoms with E-state index in [9.17, 15) is 9.59 Å². The number of tetrazole rings is 1. The van der Waals surface area contributed by atoms with Crippen LogP contribution in [-0.4, -0.2) is 71.1 Å². The number of benzene rings is 1. The van der Waals surface area contributed by atoms with E-state index in [2.05, 4.69) is 30.8 Å². The number of pyridine rings is 1. The van der Waals surface area contributed by atoms with Gasteiger partial charge in [0, 0.05) is 25.2 Å². The Morgan fingerprint density at radius 1 is 1.17 bits per heavy atom. The van der Waals surface area contributed by atoms with E-state index in [1.165, 1.54) is 25.7 Å². The molecule has 5 heterocycles. The van der Waals surface area contributed by atoms with Crippen LogP contribution in [0, 0.1) is 6.92 Å². The zero-order valence-electron chi connectivity index (χ0n) is 22.6. The van der Waals surface area contributed by atoms with Crippen molar-refractivity contribution in [3.63, 3.8) is 0 Å². The lowest BCUT2D eigenvalue weighted by molar-refractivity contribution is 0.107. The molecular weight excluding hydrogens is 564 g/mol. The molecule has 1 aliphatic heterocycles. The molecule has 14 nitrogen and oxygen atoms in total. The highest BCUT2D eigenvalue weighted by atomic mass is 35.5. The number of carbonyl (C=O) groups is 1. The molecule has 1 aromatic carbocycles. The molecule has 2 N–H and O–H groups in total. The van der Waals surface area contributed by atoms with Gasteiger partial charge in [-0.15, -0.1) is 5.10 Å². The second-order valence-electron chi connectivity index (χ2n) is 9.57. The second-order valence-corrected chi connectivity index (χ2v) is 9.94. The number of nitrogens with one attached hydrogen (secondary N) is 2. The molecule has 15 heteroatoms. The molecule has 42 heavy (non-hydrogen) atoms. The van der Waals surface area contributed by atoms with Crippen LogP contribution in [-0.2, 0) is 15.9 Å². The summed E-state index contributed by atoms with van der Waals surface area (Å²) in [4.78, 5) is 42.4. The van der Waals surface area contributed by atoms with Gasteiger partial charge in [-0.1, -0.05) is 23.2 Å². The van der Waals surface area contributed by atoms with Crippen LogP contribution < -0.4 is 10.9 Å². The predicted octanol–water partition coefficient (Wildman–Crippen LogP) is 3.36. The summed E-state index contributed by atoms with van der Waals surface area (Å²) in [5, 5.41) is 14.3. The minimum absolute atomic E-state index is 0.136. The van der Waals surface area contributed by atoms with Crippen LogP contribution in [0.1, 0.15) is 29.7 Å². The number of hydrogen-bond donors (Lipinski definition) is 2. The number of ether oxygens (including phenoxy) is 2. The van der Waals surface area contributed by atoms with Crippen molar-refractivity contribution < 1.29 is 14.3 Å². The minimum Gasteiger partial charge on any atom is -0.447 e. The maximum absolute atomic E-state index is 13.5. The Morgan fingerprint density at radius 3 is 2.81 bits per heavy atom. The fraction of sp³-hybridized carbons (Fsp3) is 0.259. The number of hydrogen-bond acceptors (Lipinski definition) is 10. The first-order valence-corrected chi connectivity index (χ1v) is 13.4. The number of aromatic amines is 1. The molecule has 0 spiro atoms. The average molecular weight is 589 g/mol. The Labute approximate surface area is 243 Å². The number of carbonyl (C=O) groups excluding carboxylic acids is 1. The van der Waals surface area contributed by atoms with Crippen LogP contribution in [0.3, 0.4) is 0 Å². The van der Waals surface area contributed by atoms with Gasteiger partial charge in [-0.3, -0.25) is 19.7 Å². The lowest BCUT2D eigenvalue weighted by Crippen LogP contribution is -2.25. The summed E-state index contributed by atoms with van der Waals surface area (Å²) in [6.07, 6.45) is 3.56. The van der Waals surface area contributed by atoms with E-state index in [-0.39, 0.29) is 23.4 Å². The first-order valence-electron chi connectivity index (χ1n) is 13.0. The number of amides is 1. The van der Waals surface area contributed by atoms with E-state index in [1.807, 2.05) is 25.1 Å². The van der Waals surface area contributed by atoms with Gasteiger partial charge in [-0.2, -0.15) is 4.68 Å². The Balaban J connectivity index is 1.25. The molecule has 0 bridgehead atoms. The van der Waals surface area contributed by atoms with Crippen molar-refractivity contribution in [2.24, 2.45) is 0 Å². The summed E-state index contributed by atoms with van der Waals surface area (Å²) in [5.41, 5.74) is 4.19. The molecule has 0 saturated heterocycles. The number of aryl methyl sites for hydroxylation is 2. The molecule has 0 radical (unpaired) electrons. The smallest absolute Gasteiger partial charge is 0.411 e. The number of imidazole rings is 1. The summed E-state index contributed by atoms with van der Waals surface area (Å²) in [6, 6.07) is 10.3. The molecule has 214 valence electrons. The summed E-state index contributed by atoms with van der Waals surface area (Å²) < 4.78 is 13.0. The summed E-state index contributed by atoms with van der Waals surface area (Å²) in [7, 11) is 1.52. The molecular formula is C27H25ClN10O4. The second kappa shape index (κ2) is 11.5. The van der Waals surface area contributed by atoms with Crippen molar-refractivity contribution in [3.8, 4) is 28.3 Å². The number of aromatic nitrogens is 9. The van der Waals surface area contributed by atoms with Crippen LogP contribution in [0.5, 0.6) is 0 Å². The van der Waals surface area contributed by atoms with E-state index in [0.29, 0.717) is 53.9 Å². The van der Waals surface area contributed by atoms with E-state index in [0.717, 1.165) is 16.8 Å². The highest BCUT2D eigenvalue weighted by molar-refractivity contribution is 6.31. The first-order chi connectivity index (χ1) is 20.4. The number of nitrogens with zero attached hydrogens (tertiary/aromatic N) is 8. The van der Waals surface area contributed by atoms with Crippen LogP contribution in [0.25, 0.3) is 28.3 Å². The van der Waals surface area contributed by atoms with E-state index in [1.54, 1.807) is 21.4 Å². The summed E-state index contributed by atoms with van der Waals surface area (Å²) >= 11 is 6.53. The zero-order chi connectivity index (χ0) is 29.2. The molecule has 0 saturated carbocycles. The van der Waals surface area contributed by atoms with Gasteiger partial charge in [0.25, 0.3) is 5.56 Å². The molecule has 4 aromatic heterocycles. The standard InChI is InChI=1S/C27H25ClN10O4/c1-15-3-6-20(37-14-30-35-36-37)17(11-15)19-12-23(39)38-21(7-8-22(38)32-19)26-33-24(25(28)34-26)18-5-4-16(13-29-18)31-27(40)42-10-9-41-2/h3-6,11-14,21H,7-10H2,1-2H3,(H,31,40)(H,33,34)/t21-/m0/s1. The number of halogens is 1. The van der Waals surface area contributed by atoms with Gasteiger partial charge >= 0.3 is 6.09 Å². The Kier molecular flexibility index (Phi) is 7.46. The van der Waals surface area contributed by atoms with Crippen molar-refractivity contribution in [3.05, 3.63) is 81.6 Å². The van der Waals surface area contributed by atoms with Gasteiger partial charge in [-0.25, -0.2) is 14.8 Å². The number of anilines is 1. The van der Waals surface area contributed by atoms with Crippen LogP contribution >= 0.6 is 11.6 Å². The SMILES string of the molecule is COCCOC(=O)Nc1ccc(-c2nc([C@@H]3CCc4nc(-c5cc(C)ccc5-n5cnnn5)cc(=O)n43)[nH]c2Cl)nc1. The van der Waals surface area contributed by atoms with E-state index >= 15 is 0 Å². The predicted molar refractivity (Wildman–Crippen MR) is 152 cm³/mol. The molecule has 1 atom stereocenters. The van der Waals surface area contributed by atoms with Gasteiger partial charge < -0.3 is 14.5 Å². The van der Waals surface area contributed by atoms with Crippen molar-refractivity contribution in [2.45, 2.75) is 25.8 Å². The Bertz CT molecular complexity index is 1800. The highest BCUT2D eigenvalue weighted by Crippen LogP contribution is 2.34. The first kappa shape index (κ1) is 27.2. The molecule has 0 fully saturated rings. The molecule has 6 rings (SSSR count). The van der Waals surface area contributed by atoms with Crippen LogP contribution in [0.4, 0.5) is 10.5 Å². The lowest BCUT2D eigenvalue weighted by atomic mass is 10.1. The van der Waals surface area contributed by atoms with Gasteiger partial charge in [0.2, 0.25) is 0 Å². The van der Waals surface area contributed by atoms with Crippen molar-refractivity contribution in [1.29, 1.82) is 0 Å². The Hall–Kier alpha value is -4.95. The maximum Gasteiger partial charge on any atom is 0.411 e. The van der Waals surface area contributed by atoms with E-state index < -0.39 is 6.09 Å². The number of H-pyrrole nitrogens is 1. The lowest BCUT2D eigenvalue weighted by Gasteiger charge is -2.14. The largest absolute Gasteiger partial charge is 0.447 e. The van der Waals surface area contributed by atoms with Gasteiger partial charge in [-0.05, 0) is 48.0 Å². The fourth-order valence-electron chi connectivity index (χ4n) is 4.84. The fourth-order valence-corrected chi connectivity index (χ4v) is 5.08. The Morgan fingerprint density at radius 2 is 2.05 bits per heavy atom. The number of fused-ring (bicyclic) bond motifs is 1. The third-order valence-electron chi connectivity index (χ3n) is 6.77. The zero-order valence-corrected chi connectivity index (χ0v) is 23.4.